The van der Waals surface area contributed by atoms with Crippen molar-refractivity contribution in [2.24, 2.45) is 5.41 Å². The molecule has 5 heteroatoms. The third-order valence-electron chi connectivity index (χ3n) is 2.26. The number of hydrogen-bond acceptors (Lipinski definition) is 4. The number of carbonyl (C=O) groups is 1. The van der Waals surface area contributed by atoms with E-state index >= 15 is 0 Å². The van der Waals surface area contributed by atoms with Crippen LogP contribution in [0.25, 0.3) is 0 Å². The van der Waals surface area contributed by atoms with Gasteiger partial charge in [0.2, 0.25) is 0 Å². The Labute approximate surface area is 82.6 Å². The van der Waals surface area contributed by atoms with E-state index in [1.165, 1.54) is 0 Å². The van der Waals surface area contributed by atoms with Crippen LogP contribution in [0.1, 0.15) is 20.3 Å². The fourth-order valence-electron chi connectivity index (χ4n) is 1.49. The number of aliphatic hydroxyl groups is 1. The molecular formula is C9H16O5. The highest BCUT2D eigenvalue weighted by Crippen LogP contribution is 2.32. The second-order valence-electron chi connectivity index (χ2n) is 4.12. The van der Waals surface area contributed by atoms with Crippen LogP contribution in [-0.4, -0.2) is 41.8 Å². The second-order valence-corrected chi connectivity index (χ2v) is 4.12. The van der Waals surface area contributed by atoms with Crippen LogP contribution in [0.5, 0.6) is 0 Å². The van der Waals surface area contributed by atoms with E-state index in [9.17, 15) is 9.90 Å². The molecular weight excluding hydrogens is 188 g/mol. The summed E-state index contributed by atoms with van der Waals surface area (Å²) in [6, 6.07) is 0. The molecule has 1 aliphatic rings. The van der Waals surface area contributed by atoms with E-state index in [1.54, 1.807) is 0 Å². The molecule has 1 aliphatic heterocycles. The van der Waals surface area contributed by atoms with Gasteiger partial charge in [0.1, 0.15) is 0 Å². The fourth-order valence-corrected chi connectivity index (χ4v) is 1.49. The molecule has 1 atom stereocenters. The number of carboxylic acids is 1. The Morgan fingerprint density at radius 3 is 2.43 bits per heavy atom. The SMILES string of the molecule is CC(C)(CC(O)C(=O)O)C1OCCO1. The average Bonchev–Trinajstić information content (AvgIpc) is 2.54. The smallest absolute Gasteiger partial charge is 0.332 e. The standard InChI is InChI=1S/C9H16O5/c1-9(2,5-6(10)7(11)12)8-13-3-4-14-8/h6,8,10H,3-5H2,1-2H3,(H,11,12). The minimum absolute atomic E-state index is 0.118. The molecule has 5 nitrogen and oxygen atoms in total. The molecule has 0 aliphatic carbocycles. The fraction of sp³-hybridized carbons (Fsp3) is 0.889. The molecule has 2 N–H and O–H groups in total. The molecule has 0 radical (unpaired) electrons. The molecule has 0 aromatic rings. The molecule has 1 rings (SSSR count). The van der Waals surface area contributed by atoms with Crippen molar-refractivity contribution in [1.29, 1.82) is 0 Å². The van der Waals surface area contributed by atoms with Gasteiger partial charge in [-0.1, -0.05) is 13.8 Å². The molecule has 0 aromatic heterocycles. The monoisotopic (exact) mass is 204 g/mol. The number of aliphatic carboxylic acids is 1. The summed E-state index contributed by atoms with van der Waals surface area (Å²) in [5.41, 5.74) is -0.492. The second kappa shape index (κ2) is 4.25. The molecule has 14 heavy (non-hydrogen) atoms. The molecule has 0 bridgehead atoms. The Morgan fingerprint density at radius 1 is 1.50 bits per heavy atom. The van der Waals surface area contributed by atoms with E-state index in [0.29, 0.717) is 13.2 Å². The first kappa shape index (κ1) is 11.4. The van der Waals surface area contributed by atoms with Crippen LogP contribution >= 0.6 is 0 Å². The lowest BCUT2D eigenvalue weighted by Crippen LogP contribution is -2.36. The minimum Gasteiger partial charge on any atom is -0.479 e. The van der Waals surface area contributed by atoms with Crippen molar-refractivity contribution in [3.8, 4) is 0 Å². The van der Waals surface area contributed by atoms with E-state index in [4.69, 9.17) is 14.6 Å². The van der Waals surface area contributed by atoms with Crippen LogP contribution in [-0.2, 0) is 14.3 Å². The van der Waals surface area contributed by atoms with Gasteiger partial charge in [-0.3, -0.25) is 0 Å². The van der Waals surface area contributed by atoms with Crippen molar-refractivity contribution in [2.45, 2.75) is 32.7 Å². The first-order valence-corrected chi connectivity index (χ1v) is 4.57. The van der Waals surface area contributed by atoms with Gasteiger partial charge in [0, 0.05) is 5.41 Å². The van der Waals surface area contributed by atoms with Gasteiger partial charge in [0.05, 0.1) is 13.2 Å². The summed E-state index contributed by atoms with van der Waals surface area (Å²) in [5, 5.41) is 17.8. The van der Waals surface area contributed by atoms with Gasteiger partial charge < -0.3 is 19.7 Å². The Kier molecular flexibility index (Phi) is 3.47. The predicted molar refractivity (Wildman–Crippen MR) is 47.7 cm³/mol. The van der Waals surface area contributed by atoms with Crippen LogP contribution in [0.2, 0.25) is 0 Å². The highest BCUT2D eigenvalue weighted by molar-refractivity contribution is 5.71. The van der Waals surface area contributed by atoms with Gasteiger partial charge in [0.25, 0.3) is 0 Å². The van der Waals surface area contributed by atoms with E-state index in [1.807, 2.05) is 13.8 Å². The van der Waals surface area contributed by atoms with Crippen molar-refractivity contribution < 1.29 is 24.5 Å². The summed E-state index contributed by atoms with van der Waals surface area (Å²) in [4.78, 5) is 10.5. The first-order chi connectivity index (χ1) is 6.43. The van der Waals surface area contributed by atoms with Crippen LogP contribution < -0.4 is 0 Å². The van der Waals surface area contributed by atoms with Crippen LogP contribution in [0, 0.1) is 5.41 Å². The van der Waals surface area contributed by atoms with Gasteiger partial charge in [-0.05, 0) is 6.42 Å². The van der Waals surface area contributed by atoms with Crippen molar-refractivity contribution in [1.82, 2.24) is 0 Å². The van der Waals surface area contributed by atoms with Crippen molar-refractivity contribution in [3.63, 3.8) is 0 Å². The van der Waals surface area contributed by atoms with E-state index in [2.05, 4.69) is 0 Å². The molecule has 82 valence electrons. The zero-order valence-corrected chi connectivity index (χ0v) is 8.40. The molecule has 0 amide bonds. The normalized spacial score (nSPS) is 21.1. The maximum atomic E-state index is 10.5. The number of rotatable bonds is 4. The topological polar surface area (TPSA) is 76.0 Å². The summed E-state index contributed by atoms with van der Waals surface area (Å²) >= 11 is 0. The molecule has 1 fully saturated rings. The molecule has 1 unspecified atom stereocenters. The molecule has 0 saturated carbocycles. The predicted octanol–water partition coefficient (Wildman–Crippen LogP) is 0.221. The highest BCUT2D eigenvalue weighted by Gasteiger charge is 2.37. The minimum atomic E-state index is -1.36. The summed E-state index contributed by atoms with van der Waals surface area (Å²) in [6.45, 7) is 4.68. The summed E-state index contributed by atoms with van der Waals surface area (Å²) in [5.74, 6) is -1.21. The largest absolute Gasteiger partial charge is 0.479 e. The Balaban J connectivity index is 2.51. The lowest BCUT2D eigenvalue weighted by atomic mass is 9.86. The van der Waals surface area contributed by atoms with Crippen LogP contribution in [0.3, 0.4) is 0 Å². The summed E-state index contributed by atoms with van der Waals surface area (Å²) < 4.78 is 10.5. The number of aliphatic hydroxyl groups excluding tert-OH is 1. The van der Waals surface area contributed by atoms with Crippen LogP contribution in [0.15, 0.2) is 0 Å². The van der Waals surface area contributed by atoms with E-state index in [0.717, 1.165) is 0 Å². The summed E-state index contributed by atoms with van der Waals surface area (Å²) in [6.07, 6.45) is -1.67. The Morgan fingerprint density at radius 2 is 2.00 bits per heavy atom. The molecule has 0 spiro atoms. The van der Waals surface area contributed by atoms with Gasteiger partial charge in [-0.2, -0.15) is 0 Å². The Hall–Kier alpha value is -0.650. The van der Waals surface area contributed by atoms with Gasteiger partial charge in [-0.15, -0.1) is 0 Å². The number of ether oxygens (including phenoxy) is 2. The number of carboxylic acid groups (broad SMARTS) is 1. The molecule has 1 saturated heterocycles. The summed E-state index contributed by atoms with van der Waals surface area (Å²) in [7, 11) is 0. The highest BCUT2D eigenvalue weighted by atomic mass is 16.7. The first-order valence-electron chi connectivity index (χ1n) is 4.57. The molecule has 0 aromatic carbocycles. The zero-order valence-electron chi connectivity index (χ0n) is 8.40. The van der Waals surface area contributed by atoms with Crippen molar-refractivity contribution >= 4 is 5.97 Å². The average molecular weight is 204 g/mol. The van der Waals surface area contributed by atoms with Crippen molar-refractivity contribution in [3.05, 3.63) is 0 Å². The van der Waals surface area contributed by atoms with E-state index < -0.39 is 23.8 Å². The van der Waals surface area contributed by atoms with Gasteiger partial charge in [0.15, 0.2) is 12.4 Å². The molecule has 1 heterocycles. The van der Waals surface area contributed by atoms with Gasteiger partial charge >= 0.3 is 5.97 Å². The quantitative estimate of drug-likeness (QED) is 0.685. The van der Waals surface area contributed by atoms with Gasteiger partial charge in [-0.25, -0.2) is 4.79 Å². The van der Waals surface area contributed by atoms with Crippen molar-refractivity contribution in [2.75, 3.05) is 13.2 Å². The Bertz CT molecular complexity index is 207. The maximum absolute atomic E-state index is 10.5. The van der Waals surface area contributed by atoms with E-state index in [-0.39, 0.29) is 6.42 Å². The third-order valence-corrected chi connectivity index (χ3v) is 2.26. The lowest BCUT2D eigenvalue weighted by molar-refractivity contribution is -0.157. The zero-order chi connectivity index (χ0) is 10.8. The van der Waals surface area contributed by atoms with Crippen LogP contribution in [0.4, 0.5) is 0 Å². The number of hydrogen-bond donors (Lipinski definition) is 2. The lowest BCUT2D eigenvalue weighted by Gasteiger charge is -2.30. The third kappa shape index (κ3) is 2.67. The maximum Gasteiger partial charge on any atom is 0.332 e.